The van der Waals surface area contributed by atoms with Gasteiger partial charge in [-0.1, -0.05) is 18.2 Å². The van der Waals surface area contributed by atoms with E-state index in [1.807, 2.05) is 0 Å². The lowest BCUT2D eigenvalue weighted by Gasteiger charge is -2.18. The minimum absolute atomic E-state index is 0.130. The van der Waals surface area contributed by atoms with Gasteiger partial charge in [0.05, 0.1) is 22.6 Å². The molecule has 6 nitrogen and oxygen atoms in total. The molecule has 1 unspecified atom stereocenters. The van der Waals surface area contributed by atoms with Gasteiger partial charge in [0.2, 0.25) is 0 Å². The Bertz CT molecular complexity index is 970. The molecule has 0 aliphatic carbocycles. The number of carbonyl (C=O) groups is 1. The molecule has 0 spiro atoms. The molecule has 3 rings (SSSR count). The van der Waals surface area contributed by atoms with Crippen LogP contribution in [0.2, 0.25) is 0 Å². The van der Waals surface area contributed by atoms with E-state index in [-0.39, 0.29) is 11.2 Å². The lowest BCUT2D eigenvalue weighted by Crippen LogP contribution is -2.32. The van der Waals surface area contributed by atoms with Crippen LogP contribution in [0.25, 0.3) is 16.6 Å². The first-order valence-corrected chi connectivity index (χ1v) is 7.24. The zero-order valence-electron chi connectivity index (χ0n) is 12.7. The van der Waals surface area contributed by atoms with Gasteiger partial charge in [-0.25, -0.2) is 14.2 Å². The van der Waals surface area contributed by atoms with E-state index in [0.29, 0.717) is 11.2 Å². The maximum absolute atomic E-state index is 13.5. The number of para-hydroxylation sites is 1. The molecule has 2 aromatic carbocycles. The fourth-order valence-corrected chi connectivity index (χ4v) is 2.54. The van der Waals surface area contributed by atoms with Crippen molar-refractivity contribution in [1.29, 1.82) is 0 Å². The van der Waals surface area contributed by atoms with E-state index in [4.69, 9.17) is 5.11 Å². The fraction of sp³-hybridized carbons (Fsp3) is 0.118. The van der Waals surface area contributed by atoms with Crippen molar-refractivity contribution in [3.05, 3.63) is 70.5 Å². The summed E-state index contributed by atoms with van der Waals surface area (Å²) in [5.41, 5.74) is 0.373. The van der Waals surface area contributed by atoms with Crippen molar-refractivity contribution in [3.63, 3.8) is 0 Å². The number of halogens is 1. The molecule has 3 aromatic rings. The number of fused-ring (bicyclic) bond motifs is 1. The number of nitrogens with zero attached hydrogens (tertiary/aromatic N) is 2. The Kier molecular flexibility index (Phi) is 3.99. The molecule has 2 N–H and O–H groups in total. The van der Waals surface area contributed by atoms with Crippen LogP contribution in [0, 0.1) is 5.82 Å². The second-order valence-electron chi connectivity index (χ2n) is 5.28. The van der Waals surface area contributed by atoms with Crippen molar-refractivity contribution >= 4 is 17.0 Å². The van der Waals surface area contributed by atoms with Crippen LogP contribution in [-0.4, -0.2) is 20.8 Å². The summed E-state index contributed by atoms with van der Waals surface area (Å²) in [6, 6.07) is 11.7. The number of aromatic nitrogens is 2. The fourth-order valence-electron chi connectivity index (χ4n) is 2.54. The Morgan fingerprint density at radius 1 is 1.25 bits per heavy atom. The van der Waals surface area contributed by atoms with Crippen molar-refractivity contribution in [2.45, 2.75) is 13.0 Å². The van der Waals surface area contributed by atoms with Crippen LogP contribution in [0.4, 0.5) is 9.18 Å². The largest absolute Gasteiger partial charge is 0.465 e. The zero-order chi connectivity index (χ0) is 17.3. The van der Waals surface area contributed by atoms with E-state index < -0.39 is 23.5 Å². The SMILES string of the molecule is CC(NC(=O)O)c1nc2ccc(F)cc2c(=O)n1-c1ccccc1. The van der Waals surface area contributed by atoms with Gasteiger partial charge in [-0.15, -0.1) is 0 Å². The molecule has 1 aromatic heterocycles. The average Bonchev–Trinajstić information content (AvgIpc) is 2.55. The average molecular weight is 327 g/mol. The van der Waals surface area contributed by atoms with Crippen LogP contribution >= 0.6 is 0 Å². The number of hydrogen-bond donors (Lipinski definition) is 2. The van der Waals surface area contributed by atoms with E-state index in [9.17, 15) is 14.0 Å². The van der Waals surface area contributed by atoms with Crippen LogP contribution in [0.3, 0.4) is 0 Å². The van der Waals surface area contributed by atoms with Gasteiger partial charge in [-0.05, 0) is 37.3 Å². The minimum Gasteiger partial charge on any atom is -0.465 e. The molecule has 0 aliphatic rings. The van der Waals surface area contributed by atoms with Crippen LogP contribution in [0.5, 0.6) is 0 Å². The van der Waals surface area contributed by atoms with Gasteiger partial charge in [0.25, 0.3) is 5.56 Å². The molecule has 0 aliphatic heterocycles. The van der Waals surface area contributed by atoms with E-state index in [0.717, 1.165) is 6.07 Å². The summed E-state index contributed by atoms with van der Waals surface area (Å²) in [5.74, 6) is -0.307. The minimum atomic E-state index is -1.23. The number of hydrogen-bond acceptors (Lipinski definition) is 3. The van der Waals surface area contributed by atoms with Gasteiger partial charge in [0.15, 0.2) is 0 Å². The summed E-state index contributed by atoms with van der Waals surface area (Å²) in [6.45, 7) is 1.59. The smallest absolute Gasteiger partial charge is 0.405 e. The third-order valence-corrected chi connectivity index (χ3v) is 3.60. The van der Waals surface area contributed by atoms with E-state index in [1.54, 1.807) is 37.3 Å². The summed E-state index contributed by atoms with van der Waals surface area (Å²) in [6.07, 6.45) is -1.23. The second kappa shape index (κ2) is 6.11. The van der Waals surface area contributed by atoms with Crippen molar-refractivity contribution < 1.29 is 14.3 Å². The van der Waals surface area contributed by atoms with Crippen LogP contribution in [0.1, 0.15) is 18.8 Å². The normalized spacial score (nSPS) is 12.1. The first-order valence-electron chi connectivity index (χ1n) is 7.24. The van der Waals surface area contributed by atoms with Gasteiger partial charge in [-0.3, -0.25) is 9.36 Å². The van der Waals surface area contributed by atoms with Gasteiger partial charge in [-0.2, -0.15) is 0 Å². The highest BCUT2D eigenvalue weighted by Crippen LogP contribution is 2.18. The summed E-state index contributed by atoms with van der Waals surface area (Å²) in [7, 11) is 0. The number of rotatable bonds is 3. The van der Waals surface area contributed by atoms with Gasteiger partial charge in [0, 0.05) is 0 Å². The first kappa shape index (κ1) is 15.7. The Hall–Kier alpha value is -3.22. The van der Waals surface area contributed by atoms with Crippen LogP contribution in [-0.2, 0) is 0 Å². The monoisotopic (exact) mass is 327 g/mol. The van der Waals surface area contributed by atoms with Crippen molar-refractivity contribution in [3.8, 4) is 5.69 Å². The molecule has 0 saturated heterocycles. The molecular formula is C17H14FN3O3. The quantitative estimate of drug-likeness (QED) is 0.775. The summed E-state index contributed by atoms with van der Waals surface area (Å²) < 4.78 is 14.8. The highest BCUT2D eigenvalue weighted by Gasteiger charge is 2.19. The van der Waals surface area contributed by atoms with Crippen molar-refractivity contribution in [2.24, 2.45) is 0 Å². The highest BCUT2D eigenvalue weighted by molar-refractivity contribution is 5.78. The standard InChI is InChI=1S/C17H14FN3O3/c1-10(19-17(23)24)15-20-14-8-7-11(18)9-13(14)16(22)21(15)12-5-3-2-4-6-12/h2-10,19H,1H3,(H,23,24). The highest BCUT2D eigenvalue weighted by atomic mass is 19.1. The van der Waals surface area contributed by atoms with E-state index in [2.05, 4.69) is 10.3 Å². The Labute approximate surface area is 136 Å². The zero-order valence-corrected chi connectivity index (χ0v) is 12.7. The molecule has 0 saturated carbocycles. The molecule has 0 bridgehead atoms. The lowest BCUT2D eigenvalue weighted by atomic mass is 10.2. The predicted molar refractivity (Wildman–Crippen MR) is 86.9 cm³/mol. The molecule has 1 amide bonds. The molecule has 0 fully saturated rings. The van der Waals surface area contributed by atoms with Gasteiger partial charge >= 0.3 is 6.09 Å². The Morgan fingerprint density at radius 2 is 1.96 bits per heavy atom. The van der Waals surface area contributed by atoms with Gasteiger partial charge < -0.3 is 10.4 Å². The van der Waals surface area contributed by atoms with Gasteiger partial charge in [0.1, 0.15) is 11.6 Å². The van der Waals surface area contributed by atoms with Crippen molar-refractivity contribution in [2.75, 3.05) is 0 Å². The number of carboxylic acid groups (broad SMARTS) is 1. The van der Waals surface area contributed by atoms with Crippen LogP contribution < -0.4 is 10.9 Å². The molecule has 7 heteroatoms. The first-order chi connectivity index (χ1) is 11.5. The van der Waals surface area contributed by atoms with E-state index >= 15 is 0 Å². The Balaban J connectivity index is 2.34. The predicted octanol–water partition coefficient (Wildman–Crippen LogP) is 2.85. The maximum atomic E-state index is 13.5. The molecular weight excluding hydrogens is 313 g/mol. The van der Waals surface area contributed by atoms with Crippen LogP contribution in [0.15, 0.2) is 53.3 Å². The topological polar surface area (TPSA) is 84.2 Å². The number of nitrogens with one attached hydrogen (secondary N) is 1. The second-order valence-corrected chi connectivity index (χ2v) is 5.28. The lowest BCUT2D eigenvalue weighted by molar-refractivity contribution is 0.190. The molecule has 122 valence electrons. The van der Waals surface area contributed by atoms with E-state index in [1.165, 1.54) is 16.7 Å². The summed E-state index contributed by atoms with van der Waals surface area (Å²) in [5, 5.41) is 11.4. The number of amides is 1. The summed E-state index contributed by atoms with van der Waals surface area (Å²) in [4.78, 5) is 28.2. The van der Waals surface area contributed by atoms with Crippen molar-refractivity contribution in [1.82, 2.24) is 14.9 Å². The summed E-state index contributed by atoms with van der Waals surface area (Å²) >= 11 is 0. The maximum Gasteiger partial charge on any atom is 0.405 e. The molecule has 1 atom stereocenters. The third kappa shape index (κ3) is 2.83. The number of benzene rings is 2. The molecule has 24 heavy (non-hydrogen) atoms. The molecule has 1 heterocycles. The Morgan fingerprint density at radius 3 is 2.62 bits per heavy atom. The molecule has 0 radical (unpaired) electrons. The third-order valence-electron chi connectivity index (χ3n) is 3.60.